The fourth-order valence-corrected chi connectivity index (χ4v) is 3.28. The Morgan fingerprint density at radius 1 is 0.714 bits per heavy atom. The van der Waals surface area contributed by atoms with E-state index in [-0.39, 0.29) is 12.5 Å². The molecule has 0 rings (SSSR count). The van der Waals surface area contributed by atoms with E-state index in [0.717, 1.165) is 64.2 Å². The molecule has 1 amide bonds. The molecule has 0 aromatic heterocycles. The first-order valence-electron chi connectivity index (χ1n) is 13.7. The lowest BCUT2D eigenvalue weighted by atomic mass is 10.1. The van der Waals surface area contributed by atoms with E-state index in [2.05, 4.69) is 79.9 Å². The van der Waals surface area contributed by atoms with Gasteiger partial charge in [0.15, 0.2) is 0 Å². The fraction of sp³-hybridized carbons (Fsp3) is 0.581. The number of hydrogen-bond acceptors (Lipinski definition) is 3. The van der Waals surface area contributed by atoms with E-state index in [1.165, 1.54) is 12.8 Å². The fourth-order valence-electron chi connectivity index (χ4n) is 3.28. The van der Waals surface area contributed by atoms with Crippen LogP contribution in [0.3, 0.4) is 0 Å². The van der Waals surface area contributed by atoms with Gasteiger partial charge in [0.1, 0.15) is 0 Å². The summed E-state index contributed by atoms with van der Waals surface area (Å²) in [6.07, 6.45) is 36.9. The van der Waals surface area contributed by atoms with Crippen molar-refractivity contribution in [3.8, 4) is 0 Å². The lowest BCUT2D eigenvalue weighted by Crippen LogP contribution is -2.45. The smallest absolute Gasteiger partial charge is 0.220 e. The number of aliphatic hydroxyl groups excluding tert-OH is 2. The Morgan fingerprint density at radius 3 is 1.89 bits per heavy atom. The second-order valence-electron chi connectivity index (χ2n) is 8.71. The van der Waals surface area contributed by atoms with Gasteiger partial charge in [0.2, 0.25) is 5.91 Å². The molecule has 0 radical (unpaired) electrons. The molecule has 4 heteroatoms. The van der Waals surface area contributed by atoms with Crippen LogP contribution in [-0.4, -0.2) is 34.9 Å². The van der Waals surface area contributed by atoms with Crippen LogP contribution in [0.15, 0.2) is 72.9 Å². The number of carbonyl (C=O) groups excluding carboxylic acids is 1. The summed E-state index contributed by atoms with van der Waals surface area (Å²) < 4.78 is 0. The number of unbranched alkanes of at least 4 members (excludes halogenated alkanes) is 5. The minimum Gasteiger partial charge on any atom is -0.394 e. The highest BCUT2D eigenvalue weighted by Crippen LogP contribution is 2.05. The quantitative estimate of drug-likeness (QED) is 0.111. The number of hydrogen-bond donors (Lipinski definition) is 3. The van der Waals surface area contributed by atoms with E-state index in [1.54, 1.807) is 6.08 Å². The Labute approximate surface area is 215 Å². The summed E-state index contributed by atoms with van der Waals surface area (Å²) in [7, 11) is 0. The van der Waals surface area contributed by atoms with Crippen LogP contribution >= 0.6 is 0 Å². The largest absolute Gasteiger partial charge is 0.394 e. The normalized spacial score (nSPS) is 14.5. The van der Waals surface area contributed by atoms with Gasteiger partial charge in [-0.05, 0) is 64.2 Å². The summed E-state index contributed by atoms with van der Waals surface area (Å²) in [6.45, 7) is 4.04. The monoisotopic (exact) mass is 485 g/mol. The number of rotatable bonds is 22. The van der Waals surface area contributed by atoms with Crippen molar-refractivity contribution >= 4 is 5.91 Å². The van der Waals surface area contributed by atoms with Crippen molar-refractivity contribution in [1.82, 2.24) is 5.32 Å². The third-order valence-corrected chi connectivity index (χ3v) is 5.42. The maximum absolute atomic E-state index is 12.1. The average Bonchev–Trinajstić information content (AvgIpc) is 2.86. The summed E-state index contributed by atoms with van der Waals surface area (Å²) in [5.74, 6) is -0.125. The van der Waals surface area contributed by atoms with E-state index in [1.807, 2.05) is 6.08 Å². The lowest BCUT2D eigenvalue weighted by molar-refractivity contribution is -0.123. The van der Waals surface area contributed by atoms with Gasteiger partial charge in [-0.2, -0.15) is 0 Å². The second kappa shape index (κ2) is 26.4. The van der Waals surface area contributed by atoms with Gasteiger partial charge in [-0.25, -0.2) is 0 Å². The topological polar surface area (TPSA) is 69.6 Å². The van der Waals surface area contributed by atoms with Gasteiger partial charge in [-0.1, -0.05) is 99.6 Å². The van der Waals surface area contributed by atoms with Crippen molar-refractivity contribution < 1.29 is 15.0 Å². The maximum atomic E-state index is 12.1. The predicted molar refractivity (Wildman–Crippen MR) is 151 cm³/mol. The number of carbonyl (C=O) groups is 1. The first-order valence-corrected chi connectivity index (χ1v) is 13.7. The van der Waals surface area contributed by atoms with Crippen LogP contribution in [0.1, 0.15) is 97.3 Å². The zero-order chi connectivity index (χ0) is 25.8. The zero-order valence-corrected chi connectivity index (χ0v) is 22.3. The molecule has 3 N–H and O–H groups in total. The SMILES string of the molecule is CC/C=C\C/C=C\C/C=C\C/C=C\CCCCC(=O)NC(CO)C(O)/C=C/CC/C=C/CCCC. The van der Waals surface area contributed by atoms with Crippen LogP contribution in [0.5, 0.6) is 0 Å². The molecule has 0 heterocycles. The van der Waals surface area contributed by atoms with E-state index in [9.17, 15) is 15.0 Å². The van der Waals surface area contributed by atoms with Crippen LogP contribution in [-0.2, 0) is 4.79 Å². The Bertz CT molecular complexity index is 658. The van der Waals surface area contributed by atoms with Crippen LogP contribution in [0.25, 0.3) is 0 Å². The van der Waals surface area contributed by atoms with E-state index < -0.39 is 12.1 Å². The van der Waals surface area contributed by atoms with Gasteiger partial charge in [-0.15, -0.1) is 0 Å². The molecule has 35 heavy (non-hydrogen) atoms. The van der Waals surface area contributed by atoms with E-state index in [4.69, 9.17) is 0 Å². The third-order valence-electron chi connectivity index (χ3n) is 5.42. The van der Waals surface area contributed by atoms with Crippen molar-refractivity contribution in [1.29, 1.82) is 0 Å². The highest BCUT2D eigenvalue weighted by Gasteiger charge is 2.17. The van der Waals surface area contributed by atoms with Crippen LogP contribution < -0.4 is 5.32 Å². The number of amides is 1. The van der Waals surface area contributed by atoms with Gasteiger partial charge >= 0.3 is 0 Å². The molecule has 0 bridgehead atoms. The standard InChI is InChI=1S/C31H51NO3/c1-3-5-7-9-11-13-14-15-16-17-18-19-21-23-25-27-31(35)32-29(28-33)30(34)26-24-22-20-12-10-8-6-4-2/h5,7,10-13,15-16,18-19,24,26,29-30,33-34H,3-4,6,8-9,14,17,20-23,25,27-28H2,1-2H3,(H,32,35)/b7-5-,12-10+,13-11-,16-15-,19-18-,26-24+. The molecule has 0 spiro atoms. The molecule has 0 aliphatic rings. The average molecular weight is 486 g/mol. The van der Waals surface area contributed by atoms with Crippen LogP contribution in [0, 0.1) is 0 Å². The zero-order valence-electron chi connectivity index (χ0n) is 22.3. The number of nitrogens with one attached hydrogen (secondary N) is 1. The molecule has 0 aliphatic carbocycles. The molecular weight excluding hydrogens is 434 g/mol. The molecule has 0 saturated heterocycles. The molecule has 2 unspecified atom stereocenters. The molecule has 0 aliphatic heterocycles. The maximum Gasteiger partial charge on any atom is 0.220 e. The van der Waals surface area contributed by atoms with Gasteiger partial charge in [0.05, 0.1) is 18.8 Å². The molecule has 0 saturated carbocycles. The minimum absolute atomic E-state index is 0.125. The third kappa shape index (κ3) is 23.3. The Hall–Kier alpha value is -2.17. The van der Waals surface area contributed by atoms with E-state index >= 15 is 0 Å². The molecular formula is C31H51NO3. The summed E-state index contributed by atoms with van der Waals surface area (Å²) >= 11 is 0. The van der Waals surface area contributed by atoms with Gasteiger partial charge in [-0.3, -0.25) is 4.79 Å². The van der Waals surface area contributed by atoms with Crippen molar-refractivity contribution in [2.45, 2.75) is 109 Å². The summed E-state index contributed by atoms with van der Waals surface area (Å²) in [6, 6.07) is -0.659. The highest BCUT2D eigenvalue weighted by molar-refractivity contribution is 5.76. The summed E-state index contributed by atoms with van der Waals surface area (Å²) in [5, 5.41) is 22.5. The first-order chi connectivity index (χ1) is 17.2. The van der Waals surface area contributed by atoms with Crippen molar-refractivity contribution in [2.75, 3.05) is 6.61 Å². The number of allylic oxidation sites excluding steroid dienone is 11. The Kier molecular flexibility index (Phi) is 24.8. The molecule has 0 aromatic rings. The van der Waals surface area contributed by atoms with Crippen molar-refractivity contribution in [3.05, 3.63) is 72.9 Å². The molecule has 2 atom stereocenters. The summed E-state index contributed by atoms with van der Waals surface area (Å²) in [5.41, 5.74) is 0. The van der Waals surface area contributed by atoms with Crippen LogP contribution in [0.2, 0.25) is 0 Å². The second-order valence-corrected chi connectivity index (χ2v) is 8.71. The lowest BCUT2D eigenvalue weighted by Gasteiger charge is -2.19. The molecule has 4 nitrogen and oxygen atoms in total. The molecule has 0 aromatic carbocycles. The van der Waals surface area contributed by atoms with E-state index in [0.29, 0.717) is 6.42 Å². The highest BCUT2D eigenvalue weighted by atomic mass is 16.3. The Morgan fingerprint density at radius 2 is 1.26 bits per heavy atom. The van der Waals surface area contributed by atoms with Gasteiger partial charge in [0, 0.05) is 6.42 Å². The summed E-state index contributed by atoms with van der Waals surface area (Å²) in [4.78, 5) is 12.1. The van der Waals surface area contributed by atoms with Crippen molar-refractivity contribution in [3.63, 3.8) is 0 Å². The van der Waals surface area contributed by atoms with Gasteiger partial charge in [0.25, 0.3) is 0 Å². The van der Waals surface area contributed by atoms with Crippen molar-refractivity contribution in [2.24, 2.45) is 0 Å². The Balaban J connectivity index is 3.89. The molecule has 198 valence electrons. The van der Waals surface area contributed by atoms with Crippen LogP contribution in [0.4, 0.5) is 0 Å². The first kappa shape index (κ1) is 32.8. The predicted octanol–water partition coefficient (Wildman–Crippen LogP) is 7.27. The minimum atomic E-state index is -0.877. The molecule has 0 fully saturated rings. The van der Waals surface area contributed by atoms with Gasteiger partial charge < -0.3 is 15.5 Å². The number of aliphatic hydroxyl groups is 2.